The van der Waals surface area contributed by atoms with Crippen LogP contribution in [-0.4, -0.2) is 27.6 Å². The Morgan fingerprint density at radius 3 is 2.80 bits per heavy atom. The molecule has 0 aliphatic heterocycles. The zero-order chi connectivity index (χ0) is 14.4. The Labute approximate surface area is 116 Å². The Kier molecular flexibility index (Phi) is 4.43. The van der Waals surface area contributed by atoms with Crippen molar-refractivity contribution in [1.29, 1.82) is 0 Å². The number of hydrogen-bond donors (Lipinski definition) is 2. The van der Waals surface area contributed by atoms with Crippen LogP contribution < -0.4 is 5.32 Å². The summed E-state index contributed by atoms with van der Waals surface area (Å²) in [5.74, 6) is 5.21. The van der Waals surface area contributed by atoms with Crippen molar-refractivity contribution in [2.45, 2.75) is 6.92 Å². The highest BCUT2D eigenvalue weighted by molar-refractivity contribution is 6.05. The second-order valence-corrected chi connectivity index (χ2v) is 4.04. The van der Waals surface area contributed by atoms with Crippen LogP contribution in [0.5, 0.6) is 0 Å². The highest BCUT2D eigenvalue weighted by Crippen LogP contribution is 2.12. The van der Waals surface area contributed by atoms with Crippen LogP contribution in [0.2, 0.25) is 0 Å². The van der Waals surface area contributed by atoms with Crippen molar-refractivity contribution in [3.8, 4) is 11.8 Å². The van der Waals surface area contributed by atoms with Gasteiger partial charge >= 0.3 is 0 Å². The SMILES string of the molecule is Cc1ccc(C(=O)Nc2ncccn2)c(C#CCO)c1. The van der Waals surface area contributed by atoms with Crippen LogP contribution >= 0.6 is 0 Å². The minimum atomic E-state index is -0.335. The molecule has 5 heteroatoms. The lowest BCUT2D eigenvalue weighted by atomic mass is 10.0. The average Bonchev–Trinajstić information content (AvgIpc) is 2.46. The molecule has 1 aromatic carbocycles. The topological polar surface area (TPSA) is 75.1 Å². The Morgan fingerprint density at radius 1 is 1.35 bits per heavy atom. The minimum absolute atomic E-state index is 0.235. The molecule has 2 rings (SSSR count). The zero-order valence-corrected chi connectivity index (χ0v) is 10.9. The summed E-state index contributed by atoms with van der Waals surface area (Å²) in [6, 6.07) is 6.98. The first-order chi connectivity index (χ1) is 9.70. The second kappa shape index (κ2) is 6.45. The van der Waals surface area contributed by atoms with Gasteiger partial charge in [-0.15, -0.1) is 0 Å². The smallest absolute Gasteiger partial charge is 0.259 e. The van der Waals surface area contributed by atoms with Crippen molar-refractivity contribution in [2.24, 2.45) is 0 Å². The maximum Gasteiger partial charge on any atom is 0.259 e. The molecular formula is C15H13N3O2. The molecule has 5 nitrogen and oxygen atoms in total. The monoisotopic (exact) mass is 267 g/mol. The van der Waals surface area contributed by atoms with E-state index in [1.165, 1.54) is 0 Å². The summed E-state index contributed by atoms with van der Waals surface area (Å²) in [7, 11) is 0. The number of aliphatic hydroxyl groups is 1. The second-order valence-electron chi connectivity index (χ2n) is 4.04. The summed E-state index contributed by atoms with van der Waals surface area (Å²) >= 11 is 0. The summed E-state index contributed by atoms with van der Waals surface area (Å²) in [5.41, 5.74) is 1.97. The van der Waals surface area contributed by atoms with Crippen molar-refractivity contribution in [3.05, 3.63) is 53.3 Å². The maximum absolute atomic E-state index is 12.2. The number of rotatable bonds is 2. The molecule has 0 radical (unpaired) electrons. The molecule has 0 saturated carbocycles. The van der Waals surface area contributed by atoms with Gasteiger partial charge < -0.3 is 5.11 Å². The van der Waals surface area contributed by atoms with E-state index in [1.807, 2.05) is 13.0 Å². The van der Waals surface area contributed by atoms with Crippen LogP contribution in [-0.2, 0) is 0 Å². The van der Waals surface area contributed by atoms with E-state index in [9.17, 15) is 4.79 Å². The fourth-order valence-corrected chi connectivity index (χ4v) is 1.63. The Hall–Kier alpha value is -2.71. The van der Waals surface area contributed by atoms with Gasteiger partial charge in [-0.25, -0.2) is 9.97 Å². The molecule has 0 saturated heterocycles. The van der Waals surface area contributed by atoms with Crippen molar-refractivity contribution in [2.75, 3.05) is 11.9 Å². The van der Waals surface area contributed by atoms with Crippen molar-refractivity contribution >= 4 is 11.9 Å². The molecule has 100 valence electrons. The summed E-state index contributed by atoms with van der Waals surface area (Å²) in [6.45, 7) is 1.66. The van der Waals surface area contributed by atoms with Gasteiger partial charge in [-0.1, -0.05) is 17.9 Å². The number of carbonyl (C=O) groups excluding carboxylic acids is 1. The first kappa shape index (κ1) is 13.7. The summed E-state index contributed by atoms with van der Waals surface area (Å²) < 4.78 is 0. The predicted molar refractivity (Wildman–Crippen MR) is 75.1 cm³/mol. The van der Waals surface area contributed by atoms with Gasteiger partial charge in [-0.2, -0.15) is 0 Å². The van der Waals surface area contributed by atoms with Gasteiger partial charge in [0, 0.05) is 18.0 Å². The van der Waals surface area contributed by atoms with E-state index in [2.05, 4.69) is 27.1 Å². The molecule has 0 aliphatic rings. The molecule has 1 heterocycles. The van der Waals surface area contributed by atoms with E-state index in [0.717, 1.165) is 5.56 Å². The molecule has 0 bridgehead atoms. The van der Waals surface area contributed by atoms with Gasteiger partial charge in [0.2, 0.25) is 5.95 Å². The number of anilines is 1. The number of aromatic nitrogens is 2. The first-order valence-corrected chi connectivity index (χ1v) is 5.99. The summed E-state index contributed by atoms with van der Waals surface area (Å²) in [4.78, 5) is 20.1. The fourth-order valence-electron chi connectivity index (χ4n) is 1.63. The van der Waals surface area contributed by atoms with E-state index in [0.29, 0.717) is 11.1 Å². The number of hydrogen-bond acceptors (Lipinski definition) is 4. The van der Waals surface area contributed by atoms with Gasteiger partial charge in [0.15, 0.2) is 0 Å². The predicted octanol–water partition coefficient (Wildman–Crippen LogP) is 1.38. The molecule has 2 N–H and O–H groups in total. The molecule has 1 aromatic heterocycles. The highest BCUT2D eigenvalue weighted by atomic mass is 16.2. The number of aliphatic hydroxyl groups excluding tert-OH is 1. The van der Waals surface area contributed by atoms with Gasteiger partial charge in [0.25, 0.3) is 5.91 Å². The molecule has 0 fully saturated rings. The summed E-state index contributed by atoms with van der Waals surface area (Å²) in [5, 5.41) is 11.4. The van der Waals surface area contributed by atoms with Gasteiger partial charge in [0.1, 0.15) is 6.61 Å². The van der Waals surface area contributed by atoms with Crippen molar-refractivity contribution in [3.63, 3.8) is 0 Å². The van der Waals surface area contributed by atoms with E-state index in [1.54, 1.807) is 30.6 Å². The lowest BCUT2D eigenvalue weighted by Gasteiger charge is -2.06. The first-order valence-electron chi connectivity index (χ1n) is 5.99. The standard InChI is InChI=1S/C15H13N3O2/c1-11-5-6-13(12(10-11)4-2-9-19)14(20)18-15-16-7-3-8-17-15/h3,5-8,10,19H,9H2,1H3,(H,16,17,18,20). The quantitative estimate of drug-likeness (QED) is 0.806. The average molecular weight is 267 g/mol. The number of nitrogens with zero attached hydrogens (tertiary/aromatic N) is 2. The molecule has 1 amide bonds. The Balaban J connectivity index is 2.30. The van der Waals surface area contributed by atoms with Crippen LogP contribution in [0.15, 0.2) is 36.7 Å². The lowest BCUT2D eigenvalue weighted by molar-refractivity contribution is 0.102. The lowest BCUT2D eigenvalue weighted by Crippen LogP contribution is -2.15. The molecule has 20 heavy (non-hydrogen) atoms. The van der Waals surface area contributed by atoms with Crippen LogP contribution in [0.1, 0.15) is 21.5 Å². The molecular weight excluding hydrogens is 254 g/mol. The molecule has 0 aliphatic carbocycles. The van der Waals surface area contributed by atoms with Crippen molar-refractivity contribution in [1.82, 2.24) is 9.97 Å². The number of carbonyl (C=O) groups is 1. The van der Waals surface area contributed by atoms with E-state index < -0.39 is 0 Å². The van der Waals surface area contributed by atoms with Crippen LogP contribution in [0.4, 0.5) is 5.95 Å². The molecule has 0 atom stereocenters. The van der Waals surface area contributed by atoms with Crippen LogP contribution in [0, 0.1) is 18.8 Å². The maximum atomic E-state index is 12.2. The zero-order valence-electron chi connectivity index (χ0n) is 10.9. The van der Waals surface area contributed by atoms with Crippen molar-refractivity contribution < 1.29 is 9.90 Å². The Bertz CT molecular complexity index is 673. The molecule has 0 spiro atoms. The third kappa shape index (κ3) is 3.40. The number of amides is 1. The van der Waals surface area contributed by atoms with Crippen LogP contribution in [0.25, 0.3) is 0 Å². The van der Waals surface area contributed by atoms with E-state index >= 15 is 0 Å². The number of benzene rings is 1. The van der Waals surface area contributed by atoms with Gasteiger partial charge in [0.05, 0.1) is 5.56 Å². The Morgan fingerprint density at radius 2 is 2.10 bits per heavy atom. The highest BCUT2D eigenvalue weighted by Gasteiger charge is 2.11. The van der Waals surface area contributed by atoms with E-state index in [-0.39, 0.29) is 18.5 Å². The normalized spacial score (nSPS) is 9.50. The third-order valence-electron chi connectivity index (χ3n) is 2.51. The molecule has 0 unspecified atom stereocenters. The van der Waals surface area contributed by atoms with Crippen LogP contribution in [0.3, 0.4) is 0 Å². The largest absolute Gasteiger partial charge is 0.384 e. The minimum Gasteiger partial charge on any atom is -0.384 e. The fraction of sp³-hybridized carbons (Fsp3) is 0.133. The molecule has 2 aromatic rings. The summed E-state index contributed by atoms with van der Waals surface area (Å²) in [6.07, 6.45) is 3.09. The number of nitrogens with one attached hydrogen (secondary N) is 1. The van der Waals surface area contributed by atoms with E-state index in [4.69, 9.17) is 5.11 Å². The third-order valence-corrected chi connectivity index (χ3v) is 2.51. The number of aryl methyl sites for hydroxylation is 1. The van der Waals surface area contributed by atoms with Gasteiger partial charge in [-0.05, 0) is 30.7 Å². The van der Waals surface area contributed by atoms with Gasteiger partial charge in [-0.3, -0.25) is 10.1 Å².